The van der Waals surface area contributed by atoms with E-state index in [-0.39, 0.29) is 13.0 Å². The van der Waals surface area contributed by atoms with E-state index in [0.717, 1.165) is 0 Å². The van der Waals surface area contributed by atoms with Gasteiger partial charge < -0.3 is 23.7 Å². The standard InChI is InChI=1S/C18H22O8/c1-11(19)22-10-16-18(24-13(3)21)15(23-12(2)20)9-17(26-16)25-14-7-5-4-6-8-14/h4-8,15-18H,9-10H2,1-3H3/t15-,16-,17+,18-/m1/s1. The van der Waals surface area contributed by atoms with Gasteiger partial charge in [-0.05, 0) is 12.1 Å². The molecule has 142 valence electrons. The van der Waals surface area contributed by atoms with Crippen LogP contribution in [0.1, 0.15) is 27.2 Å². The van der Waals surface area contributed by atoms with E-state index >= 15 is 0 Å². The van der Waals surface area contributed by atoms with Gasteiger partial charge in [0.2, 0.25) is 6.29 Å². The van der Waals surface area contributed by atoms with Crippen molar-refractivity contribution in [2.75, 3.05) is 6.61 Å². The van der Waals surface area contributed by atoms with Crippen LogP contribution in [0.2, 0.25) is 0 Å². The Morgan fingerprint density at radius 3 is 2.23 bits per heavy atom. The molecular formula is C18H22O8. The maximum absolute atomic E-state index is 11.5. The van der Waals surface area contributed by atoms with Crippen LogP contribution in [0.4, 0.5) is 0 Å². The normalized spacial score (nSPS) is 25.0. The lowest BCUT2D eigenvalue weighted by Gasteiger charge is -2.39. The van der Waals surface area contributed by atoms with Crippen molar-refractivity contribution < 1.29 is 38.1 Å². The van der Waals surface area contributed by atoms with Gasteiger partial charge in [-0.2, -0.15) is 0 Å². The highest BCUT2D eigenvalue weighted by Crippen LogP contribution is 2.28. The highest BCUT2D eigenvalue weighted by molar-refractivity contribution is 5.67. The highest BCUT2D eigenvalue weighted by atomic mass is 16.7. The first-order valence-electron chi connectivity index (χ1n) is 8.20. The molecule has 1 aromatic carbocycles. The molecule has 0 aliphatic carbocycles. The van der Waals surface area contributed by atoms with Crippen LogP contribution < -0.4 is 4.74 Å². The van der Waals surface area contributed by atoms with E-state index in [1.54, 1.807) is 24.3 Å². The Balaban J connectivity index is 2.18. The van der Waals surface area contributed by atoms with Crippen LogP contribution in [-0.4, -0.2) is 49.1 Å². The molecule has 8 heteroatoms. The summed E-state index contributed by atoms with van der Waals surface area (Å²) in [4.78, 5) is 34.0. The summed E-state index contributed by atoms with van der Waals surface area (Å²) in [6, 6.07) is 8.96. The molecule has 1 aliphatic heterocycles. The van der Waals surface area contributed by atoms with Gasteiger partial charge in [0.15, 0.2) is 6.10 Å². The van der Waals surface area contributed by atoms with Crippen molar-refractivity contribution in [3.63, 3.8) is 0 Å². The maximum Gasteiger partial charge on any atom is 0.303 e. The Labute approximate surface area is 151 Å². The van der Waals surface area contributed by atoms with Gasteiger partial charge in [-0.1, -0.05) is 18.2 Å². The number of hydrogen-bond donors (Lipinski definition) is 0. The van der Waals surface area contributed by atoms with Gasteiger partial charge in [0.05, 0.1) is 6.42 Å². The first-order valence-corrected chi connectivity index (χ1v) is 8.20. The minimum atomic E-state index is -0.911. The van der Waals surface area contributed by atoms with E-state index in [1.165, 1.54) is 20.8 Å². The van der Waals surface area contributed by atoms with E-state index in [0.29, 0.717) is 5.75 Å². The fraction of sp³-hybridized carbons (Fsp3) is 0.500. The van der Waals surface area contributed by atoms with Crippen molar-refractivity contribution in [2.24, 2.45) is 0 Å². The van der Waals surface area contributed by atoms with Crippen LogP contribution in [0.25, 0.3) is 0 Å². The molecule has 26 heavy (non-hydrogen) atoms. The Kier molecular flexibility index (Phi) is 6.97. The van der Waals surface area contributed by atoms with Gasteiger partial charge in [-0.25, -0.2) is 0 Å². The van der Waals surface area contributed by atoms with Crippen molar-refractivity contribution in [3.8, 4) is 5.75 Å². The lowest BCUT2D eigenvalue weighted by Crippen LogP contribution is -2.54. The fourth-order valence-corrected chi connectivity index (χ4v) is 2.62. The molecule has 8 nitrogen and oxygen atoms in total. The quantitative estimate of drug-likeness (QED) is 0.553. The minimum absolute atomic E-state index is 0.156. The third-order valence-corrected chi connectivity index (χ3v) is 3.57. The predicted octanol–water partition coefficient (Wildman–Crippen LogP) is 1.61. The smallest absolute Gasteiger partial charge is 0.303 e. The van der Waals surface area contributed by atoms with Crippen molar-refractivity contribution >= 4 is 17.9 Å². The molecule has 2 rings (SSSR count). The zero-order valence-corrected chi connectivity index (χ0v) is 14.9. The van der Waals surface area contributed by atoms with E-state index in [2.05, 4.69) is 0 Å². The summed E-state index contributed by atoms with van der Waals surface area (Å²) < 4.78 is 27.1. The topological polar surface area (TPSA) is 97.4 Å². The van der Waals surface area contributed by atoms with Gasteiger partial charge in [0, 0.05) is 20.8 Å². The molecule has 0 amide bonds. The molecule has 0 saturated carbocycles. The van der Waals surface area contributed by atoms with Crippen LogP contribution in [0, 0.1) is 0 Å². The maximum atomic E-state index is 11.5. The Morgan fingerprint density at radius 2 is 1.65 bits per heavy atom. The lowest BCUT2D eigenvalue weighted by atomic mass is 10.0. The first-order chi connectivity index (χ1) is 12.3. The molecule has 0 radical (unpaired) electrons. The summed E-state index contributed by atoms with van der Waals surface area (Å²) in [6.45, 7) is 3.58. The Hall–Kier alpha value is -2.61. The van der Waals surface area contributed by atoms with Crippen LogP contribution in [-0.2, 0) is 33.3 Å². The first kappa shape index (κ1) is 19.7. The van der Waals surface area contributed by atoms with Gasteiger partial charge in [0.1, 0.15) is 24.6 Å². The van der Waals surface area contributed by atoms with Crippen molar-refractivity contribution in [2.45, 2.75) is 51.8 Å². The highest BCUT2D eigenvalue weighted by Gasteiger charge is 2.44. The van der Waals surface area contributed by atoms with E-state index < -0.39 is 42.5 Å². The van der Waals surface area contributed by atoms with Crippen molar-refractivity contribution in [3.05, 3.63) is 30.3 Å². The van der Waals surface area contributed by atoms with Crippen LogP contribution >= 0.6 is 0 Å². The summed E-state index contributed by atoms with van der Waals surface area (Å²) in [5, 5.41) is 0. The second-order valence-electron chi connectivity index (χ2n) is 5.80. The molecule has 0 N–H and O–H groups in total. The third kappa shape index (κ3) is 6.03. The number of ether oxygens (including phenoxy) is 5. The molecule has 0 unspecified atom stereocenters. The average Bonchev–Trinajstić information content (AvgIpc) is 2.55. The molecule has 1 fully saturated rings. The number of para-hydroxylation sites is 1. The second kappa shape index (κ2) is 9.19. The fourth-order valence-electron chi connectivity index (χ4n) is 2.62. The zero-order valence-electron chi connectivity index (χ0n) is 14.9. The number of carbonyl (C=O) groups is 3. The monoisotopic (exact) mass is 366 g/mol. The van der Waals surface area contributed by atoms with E-state index in [1.807, 2.05) is 6.07 Å². The lowest BCUT2D eigenvalue weighted by molar-refractivity contribution is -0.245. The molecule has 1 aromatic rings. The number of rotatable bonds is 6. The molecule has 1 heterocycles. The average molecular weight is 366 g/mol. The number of carbonyl (C=O) groups excluding carboxylic acids is 3. The van der Waals surface area contributed by atoms with Crippen molar-refractivity contribution in [1.29, 1.82) is 0 Å². The molecule has 1 saturated heterocycles. The van der Waals surface area contributed by atoms with Gasteiger partial charge in [-0.3, -0.25) is 14.4 Å². The number of esters is 3. The van der Waals surface area contributed by atoms with Crippen molar-refractivity contribution in [1.82, 2.24) is 0 Å². The Bertz CT molecular complexity index is 629. The van der Waals surface area contributed by atoms with Crippen LogP contribution in [0.3, 0.4) is 0 Å². The molecule has 0 bridgehead atoms. The summed E-state index contributed by atoms with van der Waals surface area (Å²) in [6.07, 6.45) is -3.15. The van der Waals surface area contributed by atoms with Gasteiger partial charge in [0.25, 0.3) is 0 Å². The van der Waals surface area contributed by atoms with E-state index in [9.17, 15) is 14.4 Å². The summed E-state index contributed by atoms with van der Waals surface area (Å²) >= 11 is 0. The summed E-state index contributed by atoms with van der Waals surface area (Å²) in [5.74, 6) is -1.04. The number of benzene rings is 1. The van der Waals surface area contributed by atoms with Gasteiger partial charge in [-0.15, -0.1) is 0 Å². The Morgan fingerprint density at radius 1 is 1.00 bits per heavy atom. The summed E-state index contributed by atoms with van der Waals surface area (Å²) in [5.41, 5.74) is 0. The molecule has 1 aliphatic rings. The molecular weight excluding hydrogens is 344 g/mol. The largest absolute Gasteiger partial charge is 0.465 e. The second-order valence-corrected chi connectivity index (χ2v) is 5.80. The van der Waals surface area contributed by atoms with Gasteiger partial charge >= 0.3 is 17.9 Å². The number of hydrogen-bond acceptors (Lipinski definition) is 8. The predicted molar refractivity (Wildman–Crippen MR) is 88.1 cm³/mol. The minimum Gasteiger partial charge on any atom is -0.465 e. The molecule has 0 spiro atoms. The molecule has 0 aromatic heterocycles. The summed E-state index contributed by atoms with van der Waals surface area (Å²) in [7, 11) is 0. The molecule has 4 atom stereocenters. The van der Waals surface area contributed by atoms with Crippen LogP contribution in [0.5, 0.6) is 5.75 Å². The van der Waals surface area contributed by atoms with Crippen LogP contribution in [0.15, 0.2) is 30.3 Å². The SMILES string of the molecule is CC(=O)OC[C@H]1O[C@H](Oc2ccccc2)C[C@@H](OC(C)=O)[C@H]1OC(C)=O. The zero-order chi connectivity index (χ0) is 19.1. The third-order valence-electron chi connectivity index (χ3n) is 3.57. The van der Waals surface area contributed by atoms with E-state index in [4.69, 9.17) is 23.7 Å².